The van der Waals surface area contributed by atoms with Crippen molar-refractivity contribution in [1.82, 2.24) is 10.3 Å². The maximum Gasteiger partial charge on any atom is 0.219 e. The number of fused-ring (bicyclic) bond motifs is 3. The van der Waals surface area contributed by atoms with Crippen molar-refractivity contribution in [2.24, 2.45) is 0 Å². The van der Waals surface area contributed by atoms with Crippen LogP contribution in [-0.4, -0.2) is 23.5 Å². The van der Waals surface area contributed by atoms with Gasteiger partial charge in [0.2, 0.25) is 5.91 Å². The molecule has 1 aliphatic heterocycles. The number of carbonyl (C=O) groups is 1. The Morgan fingerprint density at radius 2 is 2.38 bits per heavy atom. The Bertz CT molecular complexity index is 693. The molecule has 0 saturated carbocycles. The molecule has 5 heteroatoms. The van der Waals surface area contributed by atoms with Crippen LogP contribution in [0.1, 0.15) is 31.4 Å². The van der Waals surface area contributed by atoms with Crippen LogP contribution in [0.5, 0.6) is 5.75 Å². The SMILES string of the molecule is CCC(=O)NCCc1c[nH]c2cc(F)c3c(c12)CC(C)O3. The highest BCUT2D eigenvalue weighted by Crippen LogP contribution is 2.38. The lowest BCUT2D eigenvalue weighted by atomic mass is 10.0. The topological polar surface area (TPSA) is 54.1 Å². The summed E-state index contributed by atoms with van der Waals surface area (Å²) in [6.07, 6.45) is 3.82. The molecule has 21 heavy (non-hydrogen) atoms. The molecule has 1 aromatic heterocycles. The molecule has 1 amide bonds. The minimum absolute atomic E-state index is 0.00245. The monoisotopic (exact) mass is 290 g/mol. The number of rotatable bonds is 4. The molecule has 4 nitrogen and oxygen atoms in total. The summed E-state index contributed by atoms with van der Waals surface area (Å²) < 4.78 is 19.6. The zero-order valence-corrected chi connectivity index (χ0v) is 12.3. The molecule has 1 aromatic carbocycles. The maximum absolute atomic E-state index is 14.0. The highest BCUT2D eigenvalue weighted by molar-refractivity contribution is 5.89. The van der Waals surface area contributed by atoms with Crippen molar-refractivity contribution < 1.29 is 13.9 Å². The van der Waals surface area contributed by atoms with E-state index in [-0.39, 0.29) is 17.8 Å². The van der Waals surface area contributed by atoms with Crippen LogP contribution in [0.25, 0.3) is 10.9 Å². The van der Waals surface area contributed by atoms with E-state index in [4.69, 9.17) is 4.74 Å². The van der Waals surface area contributed by atoms with Crippen LogP contribution >= 0.6 is 0 Å². The Morgan fingerprint density at radius 3 is 3.14 bits per heavy atom. The molecule has 3 rings (SSSR count). The minimum Gasteiger partial charge on any atom is -0.487 e. The molecular formula is C16H19FN2O2. The molecule has 0 spiro atoms. The molecule has 112 valence electrons. The molecule has 0 bridgehead atoms. The van der Waals surface area contributed by atoms with Crippen LogP contribution in [-0.2, 0) is 17.6 Å². The Morgan fingerprint density at radius 1 is 1.57 bits per heavy atom. The molecule has 0 saturated heterocycles. The third-order valence-electron chi connectivity index (χ3n) is 3.90. The lowest BCUT2D eigenvalue weighted by Gasteiger charge is -2.06. The lowest BCUT2D eigenvalue weighted by molar-refractivity contribution is -0.120. The van der Waals surface area contributed by atoms with Gasteiger partial charge in [-0.15, -0.1) is 0 Å². The summed E-state index contributed by atoms with van der Waals surface area (Å²) in [4.78, 5) is 14.4. The van der Waals surface area contributed by atoms with Crippen LogP contribution in [0.3, 0.4) is 0 Å². The van der Waals surface area contributed by atoms with E-state index in [0.717, 1.165) is 34.9 Å². The van der Waals surface area contributed by atoms with Gasteiger partial charge in [-0.3, -0.25) is 4.79 Å². The lowest BCUT2D eigenvalue weighted by Crippen LogP contribution is -2.24. The number of hydrogen-bond donors (Lipinski definition) is 2. The maximum atomic E-state index is 14.0. The first-order valence-corrected chi connectivity index (χ1v) is 7.34. The number of nitrogens with one attached hydrogen (secondary N) is 2. The minimum atomic E-state index is -0.311. The van der Waals surface area contributed by atoms with Gasteiger partial charge in [0.25, 0.3) is 0 Å². The van der Waals surface area contributed by atoms with Gasteiger partial charge < -0.3 is 15.0 Å². The highest BCUT2D eigenvalue weighted by atomic mass is 19.1. The van der Waals surface area contributed by atoms with Gasteiger partial charge in [-0.1, -0.05) is 6.92 Å². The fourth-order valence-electron chi connectivity index (χ4n) is 2.91. The summed E-state index contributed by atoms with van der Waals surface area (Å²) >= 11 is 0. The van der Waals surface area contributed by atoms with Gasteiger partial charge in [0.05, 0.1) is 0 Å². The first-order valence-electron chi connectivity index (χ1n) is 7.34. The average molecular weight is 290 g/mol. The predicted molar refractivity (Wildman–Crippen MR) is 79.1 cm³/mol. The summed E-state index contributed by atoms with van der Waals surface area (Å²) in [7, 11) is 0. The molecule has 1 atom stereocenters. The Labute approximate surface area is 122 Å². The first-order chi connectivity index (χ1) is 10.1. The van der Waals surface area contributed by atoms with E-state index in [1.807, 2.05) is 20.0 Å². The second-order valence-electron chi connectivity index (χ2n) is 5.49. The Hall–Kier alpha value is -2.04. The molecule has 0 aliphatic carbocycles. The zero-order chi connectivity index (χ0) is 15.0. The molecule has 2 N–H and O–H groups in total. The summed E-state index contributed by atoms with van der Waals surface area (Å²) in [6, 6.07) is 1.49. The molecule has 2 aromatic rings. The van der Waals surface area contributed by atoms with Crippen LogP contribution in [0.2, 0.25) is 0 Å². The van der Waals surface area contributed by atoms with E-state index in [2.05, 4.69) is 10.3 Å². The van der Waals surface area contributed by atoms with E-state index in [0.29, 0.717) is 18.7 Å². The quantitative estimate of drug-likeness (QED) is 0.909. The number of hydrogen-bond acceptors (Lipinski definition) is 2. The van der Waals surface area contributed by atoms with E-state index >= 15 is 0 Å². The van der Waals surface area contributed by atoms with Gasteiger partial charge >= 0.3 is 0 Å². The number of ether oxygens (including phenoxy) is 1. The largest absolute Gasteiger partial charge is 0.487 e. The van der Waals surface area contributed by atoms with Gasteiger partial charge in [-0.2, -0.15) is 0 Å². The molecule has 1 aliphatic rings. The van der Waals surface area contributed by atoms with Gasteiger partial charge in [0, 0.05) is 48.1 Å². The zero-order valence-electron chi connectivity index (χ0n) is 12.3. The van der Waals surface area contributed by atoms with Crippen LogP contribution in [0.15, 0.2) is 12.3 Å². The van der Waals surface area contributed by atoms with Crippen molar-refractivity contribution in [2.75, 3.05) is 6.54 Å². The van der Waals surface area contributed by atoms with E-state index < -0.39 is 0 Å². The van der Waals surface area contributed by atoms with Crippen molar-refractivity contribution in [2.45, 2.75) is 39.2 Å². The van der Waals surface area contributed by atoms with Gasteiger partial charge in [-0.05, 0) is 18.9 Å². The second-order valence-corrected chi connectivity index (χ2v) is 5.49. The van der Waals surface area contributed by atoms with Gasteiger partial charge in [0.15, 0.2) is 11.6 Å². The normalized spacial score (nSPS) is 16.8. The fraction of sp³-hybridized carbons (Fsp3) is 0.438. The molecule has 0 fully saturated rings. The number of amides is 1. The molecular weight excluding hydrogens is 271 g/mol. The van der Waals surface area contributed by atoms with Crippen LogP contribution in [0.4, 0.5) is 4.39 Å². The highest BCUT2D eigenvalue weighted by Gasteiger charge is 2.27. The summed E-state index contributed by atoms with van der Waals surface area (Å²) in [5.74, 6) is 0.117. The van der Waals surface area contributed by atoms with Gasteiger partial charge in [-0.25, -0.2) is 4.39 Å². The number of aromatic amines is 1. The van der Waals surface area contributed by atoms with Crippen molar-refractivity contribution in [3.8, 4) is 5.75 Å². The number of carbonyl (C=O) groups excluding carboxylic acids is 1. The van der Waals surface area contributed by atoms with Crippen molar-refractivity contribution in [1.29, 1.82) is 0 Å². The number of benzene rings is 1. The van der Waals surface area contributed by atoms with Crippen LogP contribution in [0, 0.1) is 5.82 Å². The van der Waals surface area contributed by atoms with Crippen molar-refractivity contribution in [3.63, 3.8) is 0 Å². The predicted octanol–water partition coefficient (Wildman–Crippen LogP) is 2.70. The Balaban J connectivity index is 1.91. The molecule has 1 unspecified atom stereocenters. The Kier molecular flexibility index (Phi) is 3.57. The summed E-state index contributed by atoms with van der Waals surface area (Å²) in [5.41, 5.74) is 2.83. The number of H-pyrrole nitrogens is 1. The fourth-order valence-corrected chi connectivity index (χ4v) is 2.91. The second kappa shape index (κ2) is 5.39. The van der Waals surface area contributed by atoms with Crippen LogP contribution < -0.4 is 10.1 Å². The average Bonchev–Trinajstić information content (AvgIpc) is 3.02. The van der Waals surface area contributed by atoms with E-state index in [9.17, 15) is 9.18 Å². The molecule has 0 radical (unpaired) electrons. The third kappa shape index (κ3) is 2.48. The molecule has 2 heterocycles. The number of halogens is 1. The number of aromatic nitrogens is 1. The standard InChI is InChI=1S/C16H19FN2O2/c1-3-14(20)18-5-4-10-8-19-13-7-12(17)16-11(15(10)13)6-9(2)21-16/h7-9,19H,3-6H2,1-2H3,(H,18,20). The van der Waals surface area contributed by atoms with Crippen molar-refractivity contribution in [3.05, 3.63) is 29.2 Å². The smallest absolute Gasteiger partial charge is 0.219 e. The van der Waals surface area contributed by atoms with E-state index in [1.165, 1.54) is 6.07 Å². The van der Waals surface area contributed by atoms with Gasteiger partial charge in [0.1, 0.15) is 6.10 Å². The first kappa shape index (κ1) is 13.9. The van der Waals surface area contributed by atoms with Crippen molar-refractivity contribution >= 4 is 16.8 Å². The third-order valence-corrected chi connectivity index (χ3v) is 3.90. The summed E-state index contributed by atoms with van der Waals surface area (Å²) in [5, 5.41) is 3.91. The van der Waals surface area contributed by atoms with E-state index in [1.54, 1.807) is 0 Å². The summed E-state index contributed by atoms with van der Waals surface area (Å²) in [6.45, 7) is 4.36.